The lowest BCUT2D eigenvalue weighted by Crippen LogP contribution is -2.33. The Morgan fingerprint density at radius 3 is 1.96 bits per heavy atom. The van der Waals surface area contributed by atoms with Gasteiger partial charge in [0.25, 0.3) is 0 Å². The molecule has 0 aromatic heterocycles. The first kappa shape index (κ1) is 16.7. The molecule has 0 fully saturated rings. The Morgan fingerprint density at radius 1 is 0.870 bits per heavy atom. The van der Waals surface area contributed by atoms with E-state index >= 15 is 0 Å². The van der Waals surface area contributed by atoms with Crippen LogP contribution in [0.3, 0.4) is 0 Å². The highest BCUT2D eigenvalue weighted by Crippen LogP contribution is 2.44. The Labute approximate surface area is 124 Å². The van der Waals surface area contributed by atoms with E-state index in [0.29, 0.717) is 12.1 Å². The Kier molecular flexibility index (Phi) is 3.75. The van der Waals surface area contributed by atoms with Gasteiger partial charge in [0, 0.05) is 5.56 Å². The molecule has 4 nitrogen and oxygen atoms in total. The van der Waals surface area contributed by atoms with E-state index in [1.54, 1.807) is 0 Å². The summed E-state index contributed by atoms with van der Waals surface area (Å²) in [6.07, 6.45) is -5.81. The third kappa shape index (κ3) is 2.69. The minimum absolute atomic E-state index is 0.242. The van der Waals surface area contributed by atoms with Gasteiger partial charge in [-0.3, -0.25) is 0 Å². The van der Waals surface area contributed by atoms with Crippen molar-refractivity contribution in [3.8, 4) is 0 Å². The molecule has 0 spiro atoms. The van der Waals surface area contributed by atoms with E-state index in [9.17, 15) is 31.5 Å². The minimum atomic E-state index is -5.81. The van der Waals surface area contributed by atoms with E-state index in [4.69, 9.17) is 10.2 Å². The maximum absolute atomic E-state index is 13.3. The summed E-state index contributed by atoms with van der Waals surface area (Å²) < 4.78 is 63.8. The van der Waals surface area contributed by atoms with E-state index < -0.39 is 40.7 Å². The predicted octanol–water partition coefficient (Wildman–Crippen LogP) is 3.89. The Hall–Kier alpha value is -2.71. The summed E-state index contributed by atoms with van der Waals surface area (Å²) in [6, 6.07) is 3.46. The molecule has 0 bridgehead atoms. The number of fused-ring (bicyclic) bond motifs is 1. The summed E-state index contributed by atoms with van der Waals surface area (Å²) in [5, 5.41) is 17.5. The van der Waals surface area contributed by atoms with E-state index in [1.165, 1.54) is 0 Å². The van der Waals surface area contributed by atoms with Crippen LogP contribution in [0.2, 0.25) is 0 Å². The van der Waals surface area contributed by atoms with Crippen LogP contribution in [0.4, 0.5) is 22.0 Å². The first-order valence-corrected chi connectivity index (χ1v) is 5.95. The molecule has 0 saturated carbocycles. The summed E-state index contributed by atoms with van der Waals surface area (Å²) in [4.78, 5) is 22.2. The highest BCUT2D eigenvalue weighted by molar-refractivity contribution is 6.11. The summed E-state index contributed by atoms with van der Waals surface area (Å²) in [6.45, 7) is 0. The summed E-state index contributed by atoms with van der Waals surface area (Å²) >= 11 is 0. The van der Waals surface area contributed by atoms with Crippen LogP contribution in [0.15, 0.2) is 30.3 Å². The molecule has 0 aliphatic heterocycles. The molecule has 0 heterocycles. The molecule has 2 N–H and O–H groups in total. The van der Waals surface area contributed by atoms with Crippen molar-refractivity contribution >= 4 is 22.7 Å². The number of benzene rings is 2. The fourth-order valence-corrected chi connectivity index (χ4v) is 2.10. The Bertz CT molecular complexity index is 811. The molecule has 122 valence electrons. The zero-order chi connectivity index (χ0) is 17.6. The standard InChI is InChI=1S/C14H7F5O4/c15-13(16,14(17,18)19)7-2-4-8-6(5-7)1-3-9(11(20)21)10(8)12(22)23/h1-5H,(H,20,21)(H,22,23). The van der Waals surface area contributed by atoms with Crippen LogP contribution in [0.5, 0.6) is 0 Å². The second-order valence-corrected chi connectivity index (χ2v) is 4.61. The van der Waals surface area contributed by atoms with Gasteiger partial charge in [0.2, 0.25) is 0 Å². The van der Waals surface area contributed by atoms with Gasteiger partial charge >= 0.3 is 24.0 Å². The number of hydrogen-bond acceptors (Lipinski definition) is 2. The molecule has 0 atom stereocenters. The number of aromatic carboxylic acids is 2. The van der Waals surface area contributed by atoms with Crippen LogP contribution < -0.4 is 0 Å². The van der Waals surface area contributed by atoms with Crippen molar-refractivity contribution in [1.29, 1.82) is 0 Å². The van der Waals surface area contributed by atoms with Gasteiger partial charge in [0.05, 0.1) is 11.1 Å². The first-order valence-electron chi connectivity index (χ1n) is 5.95. The van der Waals surface area contributed by atoms with Gasteiger partial charge in [-0.25, -0.2) is 9.59 Å². The molecule has 0 saturated heterocycles. The Morgan fingerprint density at radius 2 is 1.48 bits per heavy atom. The lowest BCUT2D eigenvalue weighted by atomic mass is 9.95. The van der Waals surface area contributed by atoms with Gasteiger partial charge in [-0.05, 0) is 22.9 Å². The minimum Gasteiger partial charge on any atom is -0.478 e. The average molecular weight is 334 g/mol. The molecule has 0 unspecified atom stereocenters. The molecule has 2 aromatic carbocycles. The van der Waals surface area contributed by atoms with E-state index in [1.807, 2.05) is 0 Å². The van der Waals surface area contributed by atoms with Crippen LogP contribution in [0, 0.1) is 0 Å². The molecule has 23 heavy (non-hydrogen) atoms. The fraction of sp³-hybridized carbons (Fsp3) is 0.143. The van der Waals surface area contributed by atoms with Crippen molar-refractivity contribution < 1.29 is 41.8 Å². The number of carboxylic acids is 2. The highest BCUT2D eigenvalue weighted by Gasteiger charge is 2.58. The number of carbonyl (C=O) groups is 2. The van der Waals surface area contributed by atoms with E-state index in [-0.39, 0.29) is 10.8 Å². The van der Waals surface area contributed by atoms with Crippen molar-refractivity contribution in [2.45, 2.75) is 12.1 Å². The molecular weight excluding hydrogens is 327 g/mol. The molecule has 0 amide bonds. The number of rotatable bonds is 3. The lowest BCUT2D eigenvalue weighted by Gasteiger charge is -2.20. The van der Waals surface area contributed by atoms with Gasteiger partial charge in [-0.15, -0.1) is 0 Å². The molecule has 2 aromatic rings. The van der Waals surface area contributed by atoms with Crippen molar-refractivity contribution in [3.63, 3.8) is 0 Å². The quantitative estimate of drug-likeness (QED) is 0.835. The van der Waals surface area contributed by atoms with Gasteiger partial charge < -0.3 is 10.2 Å². The second-order valence-electron chi connectivity index (χ2n) is 4.61. The molecule has 0 aliphatic rings. The third-order valence-electron chi connectivity index (χ3n) is 3.18. The van der Waals surface area contributed by atoms with Crippen LogP contribution in [0.1, 0.15) is 26.3 Å². The highest BCUT2D eigenvalue weighted by atomic mass is 19.4. The zero-order valence-corrected chi connectivity index (χ0v) is 11.0. The number of carboxylic acid groups (broad SMARTS) is 2. The summed E-state index contributed by atoms with van der Waals surface area (Å²) in [5.41, 5.74) is -2.64. The lowest BCUT2D eigenvalue weighted by molar-refractivity contribution is -0.289. The Balaban J connectivity index is 2.75. The van der Waals surface area contributed by atoms with Crippen LogP contribution in [-0.2, 0) is 5.92 Å². The SMILES string of the molecule is O=C(O)c1ccc2cc(C(F)(F)C(F)(F)F)ccc2c1C(=O)O. The molecule has 0 aliphatic carbocycles. The van der Waals surface area contributed by atoms with Gasteiger partial charge in [0.15, 0.2) is 0 Å². The van der Waals surface area contributed by atoms with Crippen molar-refractivity contribution in [1.82, 2.24) is 0 Å². The van der Waals surface area contributed by atoms with Crippen LogP contribution >= 0.6 is 0 Å². The fourth-order valence-electron chi connectivity index (χ4n) is 2.10. The normalized spacial score (nSPS) is 12.4. The molecular formula is C14H7F5O4. The van der Waals surface area contributed by atoms with Crippen molar-refractivity contribution in [3.05, 3.63) is 47.0 Å². The van der Waals surface area contributed by atoms with Crippen molar-refractivity contribution in [2.75, 3.05) is 0 Å². The third-order valence-corrected chi connectivity index (χ3v) is 3.18. The second kappa shape index (κ2) is 5.18. The van der Waals surface area contributed by atoms with E-state index in [0.717, 1.165) is 18.2 Å². The molecule has 0 radical (unpaired) electrons. The molecule has 2 rings (SSSR count). The predicted molar refractivity (Wildman–Crippen MR) is 67.8 cm³/mol. The number of halogens is 5. The number of hydrogen-bond donors (Lipinski definition) is 2. The summed E-state index contributed by atoms with van der Waals surface area (Å²) in [5.74, 6) is -8.31. The maximum Gasteiger partial charge on any atom is 0.458 e. The van der Waals surface area contributed by atoms with Crippen LogP contribution in [0.25, 0.3) is 10.8 Å². The largest absolute Gasteiger partial charge is 0.478 e. The first-order chi connectivity index (χ1) is 10.5. The number of alkyl halides is 5. The molecule has 9 heteroatoms. The smallest absolute Gasteiger partial charge is 0.458 e. The topological polar surface area (TPSA) is 74.6 Å². The van der Waals surface area contributed by atoms with Gasteiger partial charge in [-0.2, -0.15) is 22.0 Å². The summed E-state index contributed by atoms with van der Waals surface area (Å²) in [7, 11) is 0. The van der Waals surface area contributed by atoms with E-state index in [2.05, 4.69) is 0 Å². The van der Waals surface area contributed by atoms with Gasteiger partial charge in [0.1, 0.15) is 0 Å². The van der Waals surface area contributed by atoms with Crippen LogP contribution in [-0.4, -0.2) is 28.3 Å². The maximum atomic E-state index is 13.3. The zero-order valence-electron chi connectivity index (χ0n) is 11.0. The van der Waals surface area contributed by atoms with Gasteiger partial charge in [-0.1, -0.05) is 18.2 Å². The van der Waals surface area contributed by atoms with Crippen molar-refractivity contribution in [2.24, 2.45) is 0 Å². The monoisotopic (exact) mass is 334 g/mol. The average Bonchev–Trinajstić information content (AvgIpc) is 2.43.